The van der Waals surface area contributed by atoms with Gasteiger partial charge in [-0.25, -0.2) is 0 Å². The lowest BCUT2D eigenvalue weighted by atomic mass is 9.81. The minimum Gasteiger partial charge on any atom is -0.0795 e. The molecular weight excluding hydrogens is 228 g/mol. The molecule has 3 aliphatic rings. The molecule has 0 saturated heterocycles. The third kappa shape index (κ3) is 2.16. The van der Waals surface area contributed by atoms with Crippen molar-refractivity contribution < 1.29 is 0 Å². The van der Waals surface area contributed by atoms with Gasteiger partial charge < -0.3 is 0 Å². The molecule has 3 aliphatic carbocycles. The Morgan fingerprint density at radius 3 is 2.74 bits per heavy atom. The second-order valence-electron chi connectivity index (χ2n) is 6.83. The fourth-order valence-electron chi connectivity index (χ4n) is 4.53. The maximum Gasteiger partial charge on any atom is -0.00881 e. The quantitative estimate of drug-likeness (QED) is 0.674. The third-order valence-corrected chi connectivity index (χ3v) is 5.58. The van der Waals surface area contributed by atoms with Gasteiger partial charge in [0.25, 0.3) is 0 Å². The highest BCUT2D eigenvalue weighted by Gasteiger charge is 2.27. The standard InChI is InChI=1S/C19H24/c1-2-5-14(6-3-1)11-17-9-10-18-12-15-7-4-8-16(15)13-19(17)18/h4,8,12-14,17H,1-3,5-7,9-11H2. The van der Waals surface area contributed by atoms with Crippen LogP contribution in [-0.2, 0) is 12.8 Å². The van der Waals surface area contributed by atoms with E-state index in [2.05, 4.69) is 24.3 Å². The molecule has 1 unspecified atom stereocenters. The van der Waals surface area contributed by atoms with Gasteiger partial charge in [0.05, 0.1) is 0 Å². The van der Waals surface area contributed by atoms with Crippen molar-refractivity contribution in [2.45, 2.75) is 63.7 Å². The largest absolute Gasteiger partial charge is 0.0795 e. The summed E-state index contributed by atoms with van der Waals surface area (Å²) in [7, 11) is 0. The van der Waals surface area contributed by atoms with Crippen molar-refractivity contribution in [1.29, 1.82) is 0 Å². The molecule has 4 rings (SSSR count). The van der Waals surface area contributed by atoms with Gasteiger partial charge >= 0.3 is 0 Å². The van der Waals surface area contributed by atoms with Crippen molar-refractivity contribution in [3.05, 3.63) is 40.5 Å². The van der Waals surface area contributed by atoms with Crippen molar-refractivity contribution in [1.82, 2.24) is 0 Å². The van der Waals surface area contributed by atoms with Gasteiger partial charge in [-0.05, 0) is 59.8 Å². The van der Waals surface area contributed by atoms with Crippen LogP contribution in [0.2, 0.25) is 0 Å². The van der Waals surface area contributed by atoms with Gasteiger partial charge in [-0.1, -0.05) is 56.4 Å². The first kappa shape index (κ1) is 11.8. The van der Waals surface area contributed by atoms with Gasteiger partial charge in [0, 0.05) is 0 Å². The SMILES string of the molecule is C1=Cc2cc3c(cc2C1)CCC3CC1CCCCC1. The van der Waals surface area contributed by atoms with Gasteiger partial charge in [-0.15, -0.1) is 0 Å². The van der Waals surface area contributed by atoms with Crippen molar-refractivity contribution in [2.75, 3.05) is 0 Å². The molecule has 1 atom stereocenters. The van der Waals surface area contributed by atoms with Crippen LogP contribution in [0.15, 0.2) is 18.2 Å². The molecule has 0 aliphatic heterocycles. The molecular formula is C19H24. The first-order chi connectivity index (χ1) is 9.40. The normalized spacial score (nSPS) is 25.6. The summed E-state index contributed by atoms with van der Waals surface area (Å²) in [5.74, 6) is 1.89. The molecule has 1 fully saturated rings. The van der Waals surface area contributed by atoms with E-state index in [-0.39, 0.29) is 0 Å². The van der Waals surface area contributed by atoms with Crippen molar-refractivity contribution >= 4 is 6.08 Å². The number of hydrogen-bond donors (Lipinski definition) is 0. The molecule has 0 heteroatoms. The molecule has 0 aromatic heterocycles. The van der Waals surface area contributed by atoms with E-state index < -0.39 is 0 Å². The third-order valence-electron chi connectivity index (χ3n) is 5.58. The number of benzene rings is 1. The molecule has 19 heavy (non-hydrogen) atoms. The highest BCUT2D eigenvalue weighted by atomic mass is 14.3. The predicted octanol–water partition coefficient (Wildman–Crippen LogP) is 5.26. The van der Waals surface area contributed by atoms with Crippen LogP contribution < -0.4 is 0 Å². The zero-order chi connectivity index (χ0) is 12.7. The maximum absolute atomic E-state index is 2.52. The van der Waals surface area contributed by atoms with Crippen LogP contribution >= 0.6 is 0 Å². The topological polar surface area (TPSA) is 0 Å². The van der Waals surface area contributed by atoms with Crippen molar-refractivity contribution in [3.8, 4) is 0 Å². The van der Waals surface area contributed by atoms with Gasteiger partial charge in [0.15, 0.2) is 0 Å². The highest BCUT2D eigenvalue weighted by molar-refractivity contribution is 5.63. The van der Waals surface area contributed by atoms with E-state index in [4.69, 9.17) is 0 Å². The summed E-state index contributed by atoms with van der Waals surface area (Å²) in [5.41, 5.74) is 6.45. The monoisotopic (exact) mass is 252 g/mol. The van der Waals surface area contributed by atoms with E-state index in [9.17, 15) is 0 Å². The summed E-state index contributed by atoms with van der Waals surface area (Å²) in [6.45, 7) is 0. The molecule has 0 radical (unpaired) electrons. The smallest absolute Gasteiger partial charge is 0.00881 e. The minimum absolute atomic E-state index is 0.873. The summed E-state index contributed by atoms with van der Waals surface area (Å²) in [6, 6.07) is 5.03. The zero-order valence-electron chi connectivity index (χ0n) is 11.8. The van der Waals surface area contributed by atoms with E-state index in [1.807, 2.05) is 0 Å². The average Bonchev–Trinajstić information content (AvgIpc) is 3.05. The fraction of sp³-hybridized carbons (Fsp3) is 0.579. The molecule has 0 bridgehead atoms. The Balaban J connectivity index is 1.56. The average molecular weight is 252 g/mol. The Bertz CT molecular complexity index is 503. The molecule has 0 nitrogen and oxygen atoms in total. The Kier molecular flexibility index (Phi) is 2.98. The van der Waals surface area contributed by atoms with Crippen LogP contribution in [-0.4, -0.2) is 0 Å². The first-order valence-electron chi connectivity index (χ1n) is 8.22. The van der Waals surface area contributed by atoms with Crippen LogP contribution in [0.4, 0.5) is 0 Å². The number of rotatable bonds is 2. The molecule has 1 aromatic carbocycles. The Morgan fingerprint density at radius 1 is 0.947 bits per heavy atom. The summed E-state index contributed by atoms with van der Waals surface area (Å²) >= 11 is 0. The molecule has 0 N–H and O–H groups in total. The second kappa shape index (κ2) is 4.81. The van der Waals surface area contributed by atoms with E-state index in [0.717, 1.165) is 18.3 Å². The number of allylic oxidation sites excluding steroid dienone is 1. The predicted molar refractivity (Wildman–Crippen MR) is 81.4 cm³/mol. The Hall–Kier alpha value is -1.04. The van der Waals surface area contributed by atoms with Crippen LogP contribution in [0.5, 0.6) is 0 Å². The van der Waals surface area contributed by atoms with Crippen LogP contribution in [0.1, 0.15) is 73.1 Å². The van der Waals surface area contributed by atoms with E-state index in [1.54, 1.807) is 16.7 Å². The van der Waals surface area contributed by atoms with Gasteiger partial charge in [0.1, 0.15) is 0 Å². The van der Waals surface area contributed by atoms with E-state index in [1.165, 1.54) is 56.9 Å². The summed E-state index contributed by atoms with van der Waals surface area (Å²) in [5, 5.41) is 0. The molecule has 1 saturated carbocycles. The summed E-state index contributed by atoms with van der Waals surface area (Å²) in [6.07, 6.45) is 17.5. The number of hydrogen-bond acceptors (Lipinski definition) is 0. The minimum atomic E-state index is 0.873. The summed E-state index contributed by atoms with van der Waals surface area (Å²) in [4.78, 5) is 0. The molecule has 0 spiro atoms. The summed E-state index contributed by atoms with van der Waals surface area (Å²) < 4.78 is 0. The molecule has 0 heterocycles. The fourth-order valence-corrected chi connectivity index (χ4v) is 4.53. The van der Waals surface area contributed by atoms with Gasteiger partial charge in [0.2, 0.25) is 0 Å². The van der Waals surface area contributed by atoms with Crippen LogP contribution in [0.3, 0.4) is 0 Å². The van der Waals surface area contributed by atoms with E-state index in [0.29, 0.717) is 0 Å². The van der Waals surface area contributed by atoms with Gasteiger partial charge in [-0.2, -0.15) is 0 Å². The van der Waals surface area contributed by atoms with E-state index >= 15 is 0 Å². The lowest BCUT2D eigenvalue weighted by Gasteiger charge is -2.25. The van der Waals surface area contributed by atoms with Crippen molar-refractivity contribution in [2.24, 2.45) is 5.92 Å². The lowest BCUT2D eigenvalue weighted by molar-refractivity contribution is 0.317. The Morgan fingerprint density at radius 2 is 1.84 bits per heavy atom. The Labute approximate surface area is 116 Å². The van der Waals surface area contributed by atoms with Crippen molar-refractivity contribution in [3.63, 3.8) is 0 Å². The highest BCUT2D eigenvalue weighted by Crippen LogP contribution is 2.42. The number of fused-ring (bicyclic) bond motifs is 2. The lowest BCUT2D eigenvalue weighted by Crippen LogP contribution is -2.10. The van der Waals surface area contributed by atoms with Crippen LogP contribution in [0.25, 0.3) is 6.08 Å². The molecule has 100 valence electrons. The molecule has 1 aromatic rings. The maximum atomic E-state index is 2.52. The molecule has 0 amide bonds. The van der Waals surface area contributed by atoms with Gasteiger partial charge in [-0.3, -0.25) is 0 Å². The zero-order valence-corrected chi connectivity index (χ0v) is 11.8. The second-order valence-corrected chi connectivity index (χ2v) is 6.83. The first-order valence-corrected chi connectivity index (χ1v) is 8.22. The number of aryl methyl sites for hydroxylation is 1. The van der Waals surface area contributed by atoms with Crippen LogP contribution in [0, 0.1) is 5.92 Å².